The molecular formula is C15H15F5O2. The van der Waals surface area contributed by atoms with Gasteiger partial charge in [-0.2, -0.15) is 22.0 Å². The molecule has 0 heterocycles. The summed E-state index contributed by atoms with van der Waals surface area (Å²) in [6, 6.07) is 2.59. The zero-order chi connectivity index (χ0) is 16.7. The van der Waals surface area contributed by atoms with Crippen LogP contribution in [0.5, 0.6) is 5.75 Å². The molecule has 0 aliphatic heterocycles. The molecule has 0 spiro atoms. The zero-order valence-electron chi connectivity index (χ0n) is 12.1. The molecule has 2 rings (SSSR count). The van der Waals surface area contributed by atoms with E-state index in [0.29, 0.717) is 11.1 Å². The molecule has 1 aliphatic rings. The van der Waals surface area contributed by atoms with Crippen LogP contribution in [0.15, 0.2) is 12.1 Å². The first-order valence-electron chi connectivity index (χ1n) is 6.77. The van der Waals surface area contributed by atoms with Gasteiger partial charge in [-0.1, -0.05) is 6.07 Å². The van der Waals surface area contributed by atoms with Gasteiger partial charge in [-0.15, -0.1) is 0 Å². The number of alkyl halides is 5. The van der Waals surface area contributed by atoms with Crippen LogP contribution >= 0.6 is 0 Å². The van der Waals surface area contributed by atoms with Gasteiger partial charge in [-0.25, -0.2) is 0 Å². The summed E-state index contributed by atoms with van der Waals surface area (Å²) in [6.07, 6.45) is -4.09. The number of hydrogen-bond acceptors (Lipinski definition) is 2. The molecule has 7 heteroatoms. The Labute approximate surface area is 124 Å². The van der Waals surface area contributed by atoms with Crippen molar-refractivity contribution < 1.29 is 31.5 Å². The molecule has 1 fully saturated rings. The lowest BCUT2D eigenvalue weighted by Crippen LogP contribution is -2.44. The molecule has 0 amide bonds. The molecule has 0 N–H and O–H groups in total. The third-order valence-electron chi connectivity index (χ3n) is 3.47. The van der Waals surface area contributed by atoms with E-state index in [4.69, 9.17) is 4.74 Å². The van der Waals surface area contributed by atoms with Gasteiger partial charge in [0.2, 0.25) is 5.78 Å². The number of ketones is 1. The van der Waals surface area contributed by atoms with E-state index in [0.717, 1.165) is 18.9 Å². The number of benzene rings is 1. The smallest absolute Gasteiger partial charge is 0.461 e. The summed E-state index contributed by atoms with van der Waals surface area (Å²) < 4.78 is 69.3. The first kappa shape index (κ1) is 16.7. The second-order valence-corrected chi connectivity index (χ2v) is 5.61. The number of aryl methyl sites for hydroxylation is 2. The van der Waals surface area contributed by atoms with E-state index in [2.05, 4.69) is 0 Å². The van der Waals surface area contributed by atoms with Gasteiger partial charge < -0.3 is 4.74 Å². The first-order chi connectivity index (χ1) is 10.0. The Kier molecular flexibility index (Phi) is 4.19. The van der Waals surface area contributed by atoms with Gasteiger partial charge in [0, 0.05) is 0 Å². The minimum atomic E-state index is -5.94. The molecule has 0 unspecified atom stereocenters. The SMILES string of the molecule is Cc1cc(C)c(OCC2CC2)c(C(=O)C(F)(F)C(F)(F)F)c1. The highest BCUT2D eigenvalue weighted by atomic mass is 19.4. The average Bonchev–Trinajstić information content (AvgIpc) is 3.18. The predicted octanol–water partition coefficient (Wildman–Crippen LogP) is 4.47. The number of hydrogen-bond donors (Lipinski definition) is 0. The molecule has 22 heavy (non-hydrogen) atoms. The van der Waals surface area contributed by atoms with Crippen LogP contribution in [0, 0.1) is 19.8 Å². The third kappa shape index (κ3) is 3.23. The summed E-state index contributed by atoms with van der Waals surface area (Å²) in [7, 11) is 0. The van der Waals surface area contributed by atoms with Gasteiger partial charge in [0.1, 0.15) is 5.75 Å². The van der Waals surface area contributed by atoms with Crippen molar-refractivity contribution in [1.82, 2.24) is 0 Å². The van der Waals surface area contributed by atoms with Crippen molar-refractivity contribution in [1.29, 1.82) is 0 Å². The molecule has 0 radical (unpaired) electrons. The van der Waals surface area contributed by atoms with E-state index in [9.17, 15) is 26.7 Å². The van der Waals surface area contributed by atoms with Crippen molar-refractivity contribution in [2.24, 2.45) is 5.92 Å². The topological polar surface area (TPSA) is 26.3 Å². The molecule has 1 aliphatic carbocycles. The summed E-state index contributed by atoms with van der Waals surface area (Å²) in [5.41, 5.74) is 0.0556. The van der Waals surface area contributed by atoms with Crippen molar-refractivity contribution in [2.75, 3.05) is 6.61 Å². The van der Waals surface area contributed by atoms with Crippen molar-refractivity contribution in [3.05, 3.63) is 28.8 Å². The van der Waals surface area contributed by atoms with Gasteiger partial charge in [0.25, 0.3) is 0 Å². The second-order valence-electron chi connectivity index (χ2n) is 5.61. The number of halogens is 5. The van der Waals surface area contributed by atoms with Crippen LogP contribution in [0.2, 0.25) is 0 Å². The highest BCUT2D eigenvalue weighted by Crippen LogP contribution is 2.41. The van der Waals surface area contributed by atoms with Crippen molar-refractivity contribution >= 4 is 5.78 Å². The Bertz CT molecular complexity index is 588. The molecule has 1 saturated carbocycles. The maximum atomic E-state index is 13.3. The van der Waals surface area contributed by atoms with Gasteiger partial charge in [-0.05, 0) is 49.8 Å². The standard InChI is InChI=1S/C15H15F5O2/c1-8-5-9(2)12(22-7-10-3-4-10)11(6-8)13(21)14(16,17)15(18,19)20/h5-6,10H,3-4,7H2,1-2H3. The van der Waals surface area contributed by atoms with Crippen molar-refractivity contribution in [3.63, 3.8) is 0 Å². The van der Waals surface area contributed by atoms with Crippen LogP contribution in [0.25, 0.3) is 0 Å². The fraction of sp³-hybridized carbons (Fsp3) is 0.533. The van der Waals surface area contributed by atoms with Gasteiger partial charge >= 0.3 is 12.1 Å². The van der Waals surface area contributed by atoms with Crippen LogP contribution < -0.4 is 4.74 Å². The number of carbonyl (C=O) groups is 1. The second kappa shape index (κ2) is 5.52. The molecule has 122 valence electrons. The van der Waals surface area contributed by atoms with E-state index < -0.39 is 23.4 Å². The number of ether oxygens (including phenoxy) is 1. The number of carbonyl (C=O) groups excluding carboxylic acids is 1. The molecule has 1 aromatic carbocycles. The Hall–Kier alpha value is -1.66. The Morgan fingerprint density at radius 1 is 1.18 bits per heavy atom. The fourth-order valence-electron chi connectivity index (χ4n) is 2.10. The Morgan fingerprint density at radius 2 is 1.77 bits per heavy atom. The number of rotatable bonds is 5. The summed E-state index contributed by atoms with van der Waals surface area (Å²) in [5, 5.41) is 0. The first-order valence-corrected chi connectivity index (χ1v) is 6.77. The minimum Gasteiger partial charge on any atom is -0.492 e. The van der Waals surface area contributed by atoms with Crippen molar-refractivity contribution in [2.45, 2.75) is 38.8 Å². The molecule has 1 aromatic rings. The van der Waals surface area contributed by atoms with E-state index in [1.807, 2.05) is 0 Å². The monoisotopic (exact) mass is 322 g/mol. The van der Waals surface area contributed by atoms with Crippen LogP contribution in [0.3, 0.4) is 0 Å². The van der Waals surface area contributed by atoms with E-state index in [1.54, 1.807) is 6.07 Å². The summed E-state index contributed by atoms with van der Waals surface area (Å²) in [4.78, 5) is 11.7. The lowest BCUT2D eigenvalue weighted by atomic mass is 9.98. The summed E-state index contributed by atoms with van der Waals surface area (Å²) >= 11 is 0. The highest BCUT2D eigenvalue weighted by Gasteiger charge is 2.63. The predicted molar refractivity (Wildman–Crippen MR) is 69.5 cm³/mol. The van der Waals surface area contributed by atoms with Crippen LogP contribution in [-0.2, 0) is 0 Å². The Morgan fingerprint density at radius 3 is 2.27 bits per heavy atom. The van der Waals surface area contributed by atoms with E-state index in [-0.39, 0.29) is 18.3 Å². The minimum absolute atomic E-state index is 0.188. The summed E-state index contributed by atoms with van der Waals surface area (Å²) in [6.45, 7) is 3.24. The van der Waals surface area contributed by atoms with Crippen LogP contribution in [-0.4, -0.2) is 24.5 Å². The normalized spacial score (nSPS) is 15.8. The Balaban J connectivity index is 2.41. The molecular weight excluding hydrogens is 307 g/mol. The summed E-state index contributed by atoms with van der Waals surface area (Å²) in [5.74, 6) is -7.64. The molecule has 0 bridgehead atoms. The molecule has 2 nitrogen and oxygen atoms in total. The lowest BCUT2D eigenvalue weighted by molar-refractivity contribution is -0.255. The lowest BCUT2D eigenvalue weighted by Gasteiger charge is -2.21. The largest absolute Gasteiger partial charge is 0.492 e. The van der Waals surface area contributed by atoms with E-state index >= 15 is 0 Å². The van der Waals surface area contributed by atoms with Gasteiger partial charge in [-0.3, -0.25) is 4.79 Å². The number of Topliss-reactive ketones (excluding diaryl/α,β-unsaturated/α-hetero) is 1. The van der Waals surface area contributed by atoms with Crippen LogP contribution in [0.1, 0.15) is 34.3 Å². The molecule has 0 saturated heterocycles. The maximum Gasteiger partial charge on any atom is 0.461 e. The molecule has 0 atom stereocenters. The maximum absolute atomic E-state index is 13.3. The third-order valence-corrected chi connectivity index (χ3v) is 3.47. The molecule has 0 aromatic heterocycles. The highest BCUT2D eigenvalue weighted by molar-refractivity contribution is 6.04. The van der Waals surface area contributed by atoms with Gasteiger partial charge in [0.15, 0.2) is 0 Å². The van der Waals surface area contributed by atoms with E-state index in [1.165, 1.54) is 13.8 Å². The average molecular weight is 322 g/mol. The van der Waals surface area contributed by atoms with Crippen molar-refractivity contribution in [3.8, 4) is 5.75 Å². The zero-order valence-corrected chi connectivity index (χ0v) is 12.1. The quantitative estimate of drug-likeness (QED) is 0.590. The van der Waals surface area contributed by atoms with Gasteiger partial charge in [0.05, 0.1) is 12.2 Å². The van der Waals surface area contributed by atoms with Crippen LogP contribution in [0.4, 0.5) is 22.0 Å². The fourth-order valence-corrected chi connectivity index (χ4v) is 2.10.